The summed E-state index contributed by atoms with van der Waals surface area (Å²) in [4.78, 5) is 24.6. The van der Waals surface area contributed by atoms with E-state index in [0.29, 0.717) is 17.5 Å². The Morgan fingerprint density at radius 1 is 1.12 bits per heavy atom. The molecule has 0 fully saturated rings. The third-order valence-electron chi connectivity index (χ3n) is 4.39. The molecule has 7 nitrogen and oxygen atoms in total. The van der Waals surface area contributed by atoms with E-state index in [1.165, 1.54) is 36.4 Å². The molecule has 2 amide bonds. The summed E-state index contributed by atoms with van der Waals surface area (Å²) in [6.45, 7) is 5.74. The zero-order valence-electron chi connectivity index (χ0n) is 17.2. The molecule has 0 radical (unpaired) electrons. The first-order valence-electron chi connectivity index (χ1n) is 9.67. The number of anilines is 1. The molecule has 2 N–H and O–H groups in total. The van der Waals surface area contributed by atoms with Gasteiger partial charge in [-0.1, -0.05) is 42.1 Å². The molecule has 0 unspecified atom stereocenters. The van der Waals surface area contributed by atoms with Gasteiger partial charge in [0.25, 0.3) is 5.91 Å². The monoisotopic (exact) mass is 457 g/mol. The Balaban J connectivity index is 1.68. The van der Waals surface area contributed by atoms with Crippen LogP contribution in [0.5, 0.6) is 0 Å². The highest BCUT2D eigenvalue weighted by Crippen LogP contribution is 2.22. The zero-order valence-corrected chi connectivity index (χ0v) is 18.0. The smallest absolute Gasteiger partial charge is 0.254 e. The number of carbonyl (C=O) groups is 2. The van der Waals surface area contributed by atoms with Gasteiger partial charge in [-0.25, -0.2) is 8.78 Å². The lowest BCUT2D eigenvalue weighted by Gasteiger charge is -2.15. The van der Waals surface area contributed by atoms with E-state index in [4.69, 9.17) is 0 Å². The zero-order chi connectivity index (χ0) is 23.1. The number of rotatable bonds is 9. The van der Waals surface area contributed by atoms with Crippen LogP contribution < -0.4 is 10.6 Å². The number of hydrogen-bond acceptors (Lipinski definition) is 5. The first kappa shape index (κ1) is 23.1. The number of allylic oxidation sites excluding steroid dienone is 1. The first-order valence-corrected chi connectivity index (χ1v) is 10.7. The maximum Gasteiger partial charge on any atom is 0.254 e. The molecule has 2 aromatic carbocycles. The molecule has 3 aromatic rings. The van der Waals surface area contributed by atoms with Crippen molar-refractivity contribution >= 4 is 29.3 Å². The van der Waals surface area contributed by atoms with E-state index in [9.17, 15) is 18.4 Å². The number of para-hydroxylation sites is 1. The van der Waals surface area contributed by atoms with E-state index >= 15 is 0 Å². The highest BCUT2D eigenvalue weighted by atomic mass is 32.2. The van der Waals surface area contributed by atoms with Crippen LogP contribution in [-0.4, -0.2) is 32.3 Å². The molecule has 166 valence electrons. The molecule has 10 heteroatoms. The number of hydrogen-bond donors (Lipinski definition) is 2. The van der Waals surface area contributed by atoms with Crippen molar-refractivity contribution in [2.75, 3.05) is 11.1 Å². The van der Waals surface area contributed by atoms with E-state index in [0.717, 1.165) is 11.8 Å². The van der Waals surface area contributed by atoms with Gasteiger partial charge in [-0.05, 0) is 31.2 Å². The van der Waals surface area contributed by atoms with Gasteiger partial charge in [-0.15, -0.1) is 16.8 Å². The molecule has 0 bridgehead atoms. The van der Waals surface area contributed by atoms with Crippen LogP contribution >= 0.6 is 11.8 Å². The number of amides is 2. The number of benzene rings is 2. The van der Waals surface area contributed by atoms with Crippen LogP contribution in [0, 0.1) is 11.6 Å². The Labute approximate surface area is 187 Å². The van der Waals surface area contributed by atoms with Gasteiger partial charge in [0.2, 0.25) is 5.91 Å². The minimum absolute atomic E-state index is 0.0282. The molecule has 0 saturated carbocycles. The summed E-state index contributed by atoms with van der Waals surface area (Å²) < 4.78 is 29.3. The largest absolute Gasteiger partial charge is 0.342 e. The molecule has 3 rings (SSSR count). The standard InChI is InChI=1S/C22H21F2N5O2S/c1-3-12-29-20(14(2)25-21(31)15-8-4-5-9-16(15)23)27-28-22(29)32-13-19(30)26-18-11-7-6-10-17(18)24/h3-11,14H,1,12-13H2,2H3,(H,25,31)(H,26,30)/t14-/m0/s1. The summed E-state index contributed by atoms with van der Waals surface area (Å²) in [5, 5.41) is 13.9. The number of nitrogens with one attached hydrogen (secondary N) is 2. The molecule has 0 spiro atoms. The average molecular weight is 458 g/mol. The Hall–Kier alpha value is -3.53. The summed E-state index contributed by atoms with van der Waals surface area (Å²) >= 11 is 1.11. The molecule has 1 heterocycles. The van der Waals surface area contributed by atoms with Crippen molar-refractivity contribution in [1.29, 1.82) is 0 Å². The SMILES string of the molecule is C=CCn1c(SCC(=O)Nc2ccccc2F)nnc1[C@H](C)NC(=O)c1ccccc1F. The predicted octanol–water partition coefficient (Wildman–Crippen LogP) is 3.96. The first-order chi connectivity index (χ1) is 15.4. The summed E-state index contributed by atoms with van der Waals surface area (Å²) in [5.41, 5.74) is 0.0179. The molecule has 0 aliphatic heterocycles. The lowest BCUT2D eigenvalue weighted by atomic mass is 10.2. The average Bonchev–Trinajstić information content (AvgIpc) is 3.17. The van der Waals surface area contributed by atoms with Gasteiger partial charge in [-0.3, -0.25) is 9.59 Å². The van der Waals surface area contributed by atoms with Gasteiger partial charge >= 0.3 is 0 Å². The Morgan fingerprint density at radius 3 is 2.50 bits per heavy atom. The third kappa shape index (κ3) is 5.58. The third-order valence-corrected chi connectivity index (χ3v) is 5.36. The van der Waals surface area contributed by atoms with Crippen molar-refractivity contribution in [2.45, 2.75) is 24.7 Å². The van der Waals surface area contributed by atoms with Gasteiger partial charge in [0.15, 0.2) is 11.0 Å². The molecule has 1 atom stereocenters. The van der Waals surface area contributed by atoms with Gasteiger partial charge < -0.3 is 15.2 Å². The fourth-order valence-electron chi connectivity index (χ4n) is 2.89. The molecule has 32 heavy (non-hydrogen) atoms. The number of aromatic nitrogens is 3. The Morgan fingerprint density at radius 2 is 1.81 bits per heavy atom. The lowest BCUT2D eigenvalue weighted by molar-refractivity contribution is -0.113. The van der Waals surface area contributed by atoms with Crippen LogP contribution in [0.15, 0.2) is 66.3 Å². The molecular weight excluding hydrogens is 436 g/mol. The van der Waals surface area contributed by atoms with Gasteiger partial charge in [0.05, 0.1) is 23.0 Å². The van der Waals surface area contributed by atoms with Crippen LogP contribution in [0.25, 0.3) is 0 Å². The van der Waals surface area contributed by atoms with Crippen LogP contribution in [0.2, 0.25) is 0 Å². The molecular formula is C22H21F2N5O2S. The van der Waals surface area contributed by atoms with E-state index in [2.05, 4.69) is 27.4 Å². The highest BCUT2D eigenvalue weighted by Gasteiger charge is 2.21. The second-order valence-corrected chi connectivity index (χ2v) is 7.67. The number of carbonyl (C=O) groups excluding carboxylic acids is 2. The summed E-state index contributed by atoms with van der Waals surface area (Å²) in [5.74, 6) is -1.74. The van der Waals surface area contributed by atoms with Crippen molar-refractivity contribution < 1.29 is 18.4 Å². The van der Waals surface area contributed by atoms with Crippen molar-refractivity contribution in [1.82, 2.24) is 20.1 Å². The van der Waals surface area contributed by atoms with Gasteiger partial charge in [0.1, 0.15) is 11.6 Å². The second kappa shape index (κ2) is 10.7. The minimum Gasteiger partial charge on any atom is -0.342 e. The predicted molar refractivity (Wildman–Crippen MR) is 118 cm³/mol. The van der Waals surface area contributed by atoms with Crippen LogP contribution in [0.3, 0.4) is 0 Å². The highest BCUT2D eigenvalue weighted by molar-refractivity contribution is 7.99. The second-order valence-electron chi connectivity index (χ2n) is 6.73. The maximum absolute atomic E-state index is 13.9. The Bertz CT molecular complexity index is 1140. The molecule has 1 aromatic heterocycles. The fourth-order valence-corrected chi connectivity index (χ4v) is 3.65. The van der Waals surface area contributed by atoms with Crippen molar-refractivity contribution in [2.24, 2.45) is 0 Å². The van der Waals surface area contributed by atoms with Crippen molar-refractivity contribution in [3.63, 3.8) is 0 Å². The van der Waals surface area contributed by atoms with Gasteiger partial charge in [0, 0.05) is 6.54 Å². The molecule has 0 aliphatic rings. The number of nitrogens with zero attached hydrogens (tertiary/aromatic N) is 3. The van der Waals surface area contributed by atoms with E-state index < -0.39 is 29.5 Å². The van der Waals surface area contributed by atoms with Crippen LogP contribution in [0.1, 0.15) is 29.1 Å². The van der Waals surface area contributed by atoms with E-state index in [1.807, 2.05) is 0 Å². The summed E-state index contributed by atoms with van der Waals surface area (Å²) in [6.07, 6.45) is 1.63. The lowest BCUT2D eigenvalue weighted by Crippen LogP contribution is -2.29. The van der Waals surface area contributed by atoms with E-state index in [1.54, 1.807) is 29.7 Å². The normalized spacial score (nSPS) is 11.6. The Kier molecular flexibility index (Phi) is 7.72. The fraction of sp³-hybridized carbons (Fsp3) is 0.182. The number of thioether (sulfide) groups is 1. The van der Waals surface area contributed by atoms with E-state index in [-0.39, 0.29) is 17.0 Å². The minimum atomic E-state index is -0.623. The van der Waals surface area contributed by atoms with Crippen molar-refractivity contribution in [3.8, 4) is 0 Å². The maximum atomic E-state index is 13.9. The van der Waals surface area contributed by atoms with Crippen LogP contribution in [0.4, 0.5) is 14.5 Å². The summed E-state index contributed by atoms with van der Waals surface area (Å²) in [6, 6.07) is 11.0. The van der Waals surface area contributed by atoms with Gasteiger partial charge in [-0.2, -0.15) is 0 Å². The topological polar surface area (TPSA) is 88.9 Å². The molecule has 0 aliphatic carbocycles. The van der Waals surface area contributed by atoms with Crippen LogP contribution in [-0.2, 0) is 11.3 Å². The summed E-state index contributed by atoms with van der Waals surface area (Å²) in [7, 11) is 0. The number of halogens is 2. The molecule has 0 saturated heterocycles. The van der Waals surface area contributed by atoms with Crippen molar-refractivity contribution in [3.05, 3.63) is 84.2 Å². The quantitative estimate of drug-likeness (QED) is 0.375.